The van der Waals surface area contributed by atoms with Gasteiger partial charge in [-0.2, -0.15) is 0 Å². The fraction of sp³-hybridized carbons (Fsp3) is 0.556. The standard InChI is InChI=1S/C27H40O3/c1-6-8-9-12-25(27-19-22(4)18-26(7-2)30-27)17-21(3)16-24-11-10-13-28-14-15-29-23(5)20-24/h8-12,17,20,22,26-27H,5-7,13-16,18-19H2,1-4H3/b9-8+,11-10-,21-17+,24-20+,25-12+/t22?,26-,27-/m1/s1. The van der Waals surface area contributed by atoms with Gasteiger partial charge in [0.05, 0.1) is 25.4 Å². The zero-order valence-electron chi connectivity index (χ0n) is 19.4. The molecule has 1 saturated heterocycles. The van der Waals surface area contributed by atoms with Gasteiger partial charge >= 0.3 is 0 Å². The van der Waals surface area contributed by atoms with Gasteiger partial charge in [-0.3, -0.25) is 0 Å². The highest BCUT2D eigenvalue weighted by Crippen LogP contribution is 2.31. The molecular formula is C27H40O3. The molecule has 3 nitrogen and oxygen atoms in total. The Balaban J connectivity index is 2.21. The van der Waals surface area contributed by atoms with Crippen LogP contribution in [-0.2, 0) is 14.2 Å². The van der Waals surface area contributed by atoms with Crippen molar-refractivity contribution in [1.82, 2.24) is 0 Å². The molecule has 0 spiro atoms. The maximum Gasteiger partial charge on any atom is 0.112 e. The molecule has 2 aliphatic rings. The first-order valence-electron chi connectivity index (χ1n) is 11.5. The van der Waals surface area contributed by atoms with Gasteiger partial charge < -0.3 is 14.2 Å². The highest BCUT2D eigenvalue weighted by Gasteiger charge is 2.27. The molecule has 0 aliphatic carbocycles. The molecule has 30 heavy (non-hydrogen) atoms. The van der Waals surface area contributed by atoms with E-state index in [4.69, 9.17) is 14.2 Å². The molecule has 1 unspecified atom stereocenters. The fourth-order valence-corrected chi connectivity index (χ4v) is 3.94. The number of allylic oxidation sites excluding steroid dienone is 7. The normalized spacial score (nSPS) is 29.9. The highest BCUT2D eigenvalue weighted by molar-refractivity contribution is 5.36. The van der Waals surface area contributed by atoms with Crippen LogP contribution in [0.3, 0.4) is 0 Å². The predicted octanol–water partition coefficient (Wildman–Crippen LogP) is 6.85. The minimum Gasteiger partial charge on any atom is -0.492 e. The van der Waals surface area contributed by atoms with Crippen LogP contribution >= 0.6 is 0 Å². The van der Waals surface area contributed by atoms with Crippen LogP contribution in [0.5, 0.6) is 0 Å². The quantitative estimate of drug-likeness (QED) is 0.428. The molecule has 0 aromatic heterocycles. The third-order valence-corrected chi connectivity index (χ3v) is 5.43. The van der Waals surface area contributed by atoms with Crippen LogP contribution in [0.15, 0.2) is 71.6 Å². The van der Waals surface area contributed by atoms with Gasteiger partial charge in [-0.15, -0.1) is 0 Å². The largest absolute Gasteiger partial charge is 0.492 e. The van der Waals surface area contributed by atoms with E-state index in [1.807, 2.05) is 6.08 Å². The zero-order chi connectivity index (χ0) is 21.8. The Bertz CT molecular complexity index is 693. The average molecular weight is 413 g/mol. The number of hydrogen-bond donors (Lipinski definition) is 0. The van der Waals surface area contributed by atoms with Crippen LogP contribution in [0.2, 0.25) is 0 Å². The van der Waals surface area contributed by atoms with Gasteiger partial charge in [-0.25, -0.2) is 0 Å². The first kappa shape index (κ1) is 24.4. The third kappa shape index (κ3) is 8.89. The molecule has 3 atom stereocenters. The molecule has 0 amide bonds. The van der Waals surface area contributed by atoms with Crippen molar-refractivity contribution in [2.75, 3.05) is 19.8 Å². The van der Waals surface area contributed by atoms with E-state index >= 15 is 0 Å². The second kappa shape index (κ2) is 13.5. The average Bonchev–Trinajstić information content (AvgIpc) is 2.71. The molecule has 1 fully saturated rings. The van der Waals surface area contributed by atoms with Gasteiger partial charge in [-0.05, 0) is 62.2 Å². The second-order valence-corrected chi connectivity index (χ2v) is 8.41. The number of hydrogen-bond acceptors (Lipinski definition) is 3. The molecule has 0 N–H and O–H groups in total. The summed E-state index contributed by atoms with van der Waals surface area (Å²) in [6.45, 7) is 14.7. The van der Waals surface area contributed by atoms with Crippen LogP contribution in [0, 0.1) is 5.92 Å². The van der Waals surface area contributed by atoms with E-state index in [2.05, 4.69) is 70.7 Å². The lowest BCUT2D eigenvalue weighted by Gasteiger charge is -2.34. The summed E-state index contributed by atoms with van der Waals surface area (Å²) in [6, 6.07) is 0. The van der Waals surface area contributed by atoms with Gasteiger partial charge in [0, 0.05) is 0 Å². The smallest absolute Gasteiger partial charge is 0.112 e. The van der Waals surface area contributed by atoms with E-state index in [9.17, 15) is 0 Å². The topological polar surface area (TPSA) is 27.7 Å². The SMILES string of the molecule is C=C1/C=C(C/C(C)=C/C(=C\C=C\CC)[C@H]2CC(C)C[C@@H](CC)O2)\C=C/COCCO1. The monoisotopic (exact) mass is 412 g/mol. The molecule has 166 valence electrons. The van der Waals surface area contributed by atoms with E-state index < -0.39 is 0 Å². The van der Waals surface area contributed by atoms with E-state index in [0.717, 1.165) is 32.1 Å². The van der Waals surface area contributed by atoms with Crippen molar-refractivity contribution in [3.63, 3.8) is 0 Å². The van der Waals surface area contributed by atoms with E-state index in [1.54, 1.807) is 0 Å². The Labute approximate surface area is 183 Å². The van der Waals surface area contributed by atoms with Crippen molar-refractivity contribution >= 4 is 0 Å². The van der Waals surface area contributed by atoms with Crippen molar-refractivity contribution in [3.05, 3.63) is 71.6 Å². The zero-order valence-corrected chi connectivity index (χ0v) is 19.4. The maximum absolute atomic E-state index is 6.45. The summed E-state index contributed by atoms with van der Waals surface area (Å²) in [5.41, 5.74) is 3.74. The van der Waals surface area contributed by atoms with E-state index in [-0.39, 0.29) is 6.10 Å². The summed E-state index contributed by atoms with van der Waals surface area (Å²) < 4.78 is 17.6. The van der Waals surface area contributed by atoms with Gasteiger partial charge in [0.2, 0.25) is 0 Å². The van der Waals surface area contributed by atoms with Gasteiger partial charge in [0.1, 0.15) is 12.4 Å². The fourth-order valence-electron chi connectivity index (χ4n) is 3.94. The van der Waals surface area contributed by atoms with E-state index in [0.29, 0.717) is 37.6 Å². The molecule has 2 aliphatic heterocycles. The summed E-state index contributed by atoms with van der Waals surface area (Å²) >= 11 is 0. The summed E-state index contributed by atoms with van der Waals surface area (Å²) in [5.74, 6) is 1.37. The summed E-state index contributed by atoms with van der Waals surface area (Å²) in [7, 11) is 0. The van der Waals surface area contributed by atoms with Crippen LogP contribution in [-0.4, -0.2) is 32.0 Å². The van der Waals surface area contributed by atoms with Crippen molar-refractivity contribution in [3.8, 4) is 0 Å². The number of ether oxygens (including phenoxy) is 3. The Kier molecular flexibility index (Phi) is 11.0. The Hall–Kier alpha value is -1.84. The first-order chi connectivity index (χ1) is 14.5. The third-order valence-electron chi connectivity index (χ3n) is 5.43. The summed E-state index contributed by atoms with van der Waals surface area (Å²) in [5, 5.41) is 0. The van der Waals surface area contributed by atoms with Crippen molar-refractivity contribution in [1.29, 1.82) is 0 Å². The molecule has 2 rings (SSSR count). The van der Waals surface area contributed by atoms with Gasteiger partial charge in [-0.1, -0.05) is 69.4 Å². The predicted molar refractivity (Wildman–Crippen MR) is 126 cm³/mol. The Morgan fingerprint density at radius 3 is 2.83 bits per heavy atom. The molecular weight excluding hydrogens is 372 g/mol. The Morgan fingerprint density at radius 1 is 1.23 bits per heavy atom. The Morgan fingerprint density at radius 2 is 2.07 bits per heavy atom. The summed E-state index contributed by atoms with van der Waals surface area (Å²) in [4.78, 5) is 0. The van der Waals surface area contributed by atoms with Crippen LogP contribution in [0.4, 0.5) is 0 Å². The first-order valence-corrected chi connectivity index (χ1v) is 11.5. The molecule has 3 heteroatoms. The lowest BCUT2D eigenvalue weighted by atomic mass is 9.88. The molecule has 2 heterocycles. The molecule has 0 aromatic carbocycles. The lowest BCUT2D eigenvalue weighted by molar-refractivity contribution is -0.0494. The number of rotatable bonds is 7. The van der Waals surface area contributed by atoms with Crippen molar-refractivity contribution in [2.24, 2.45) is 5.92 Å². The van der Waals surface area contributed by atoms with Crippen LogP contribution < -0.4 is 0 Å². The van der Waals surface area contributed by atoms with E-state index in [1.165, 1.54) is 16.7 Å². The maximum atomic E-state index is 6.45. The summed E-state index contributed by atoms with van der Waals surface area (Å²) in [6.07, 6.45) is 20.8. The van der Waals surface area contributed by atoms with Crippen LogP contribution in [0.25, 0.3) is 0 Å². The highest BCUT2D eigenvalue weighted by atomic mass is 16.5. The lowest BCUT2D eigenvalue weighted by Crippen LogP contribution is -2.32. The van der Waals surface area contributed by atoms with Crippen molar-refractivity contribution in [2.45, 2.75) is 72.0 Å². The second-order valence-electron chi connectivity index (χ2n) is 8.41. The van der Waals surface area contributed by atoms with Crippen LogP contribution in [0.1, 0.15) is 59.8 Å². The molecule has 0 aromatic rings. The minimum atomic E-state index is 0.162. The molecule has 0 saturated carbocycles. The molecule has 0 bridgehead atoms. The van der Waals surface area contributed by atoms with Gasteiger partial charge in [0.15, 0.2) is 0 Å². The minimum absolute atomic E-state index is 0.162. The van der Waals surface area contributed by atoms with Gasteiger partial charge in [0.25, 0.3) is 0 Å². The van der Waals surface area contributed by atoms with Crippen molar-refractivity contribution < 1.29 is 14.2 Å². The molecule has 0 radical (unpaired) electrons.